The second-order valence-corrected chi connectivity index (χ2v) is 8.59. The van der Waals surface area contributed by atoms with Crippen LogP contribution in [0.5, 0.6) is 0 Å². The van der Waals surface area contributed by atoms with E-state index in [1.54, 1.807) is 0 Å². The molecule has 2 amide bonds. The van der Waals surface area contributed by atoms with Gasteiger partial charge in [-0.3, -0.25) is 14.9 Å². The van der Waals surface area contributed by atoms with Gasteiger partial charge in [-0.15, -0.1) is 0 Å². The largest absolute Gasteiger partial charge is 0.441 e. The summed E-state index contributed by atoms with van der Waals surface area (Å²) in [5, 5.41) is 5.88. The maximum absolute atomic E-state index is 11.8. The standard InChI is InChI=1S/C24H23N3O4S/c1-15-21(25-23(31-15)18-6-4-3-5-7-18)19(27-30-2)13-12-16-8-10-17(11-9-16)14-20-22(28)26-24(29)32-20/h3-11,20H,12-14H2,1-2H3,(H,26,28,29). The molecule has 0 radical (unpaired) electrons. The molecule has 1 aliphatic heterocycles. The average Bonchev–Trinajstić information content (AvgIpc) is 3.34. The molecule has 2 aromatic carbocycles. The van der Waals surface area contributed by atoms with Crippen LogP contribution in [0.1, 0.15) is 29.0 Å². The molecule has 1 aromatic heterocycles. The predicted octanol–water partition coefficient (Wildman–Crippen LogP) is 4.53. The Bertz CT molecular complexity index is 1140. The Labute approximate surface area is 190 Å². The van der Waals surface area contributed by atoms with E-state index in [1.165, 1.54) is 7.11 Å². The number of aryl methyl sites for hydroxylation is 2. The summed E-state index contributed by atoms with van der Waals surface area (Å²) < 4.78 is 5.87. The lowest BCUT2D eigenvalue weighted by atomic mass is 10.0. The molecule has 8 heteroatoms. The van der Waals surface area contributed by atoms with Crippen LogP contribution in [0.3, 0.4) is 0 Å². The van der Waals surface area contributed by atoms with E-state index >= 15 is 0 Å². The summed E-state index contributed by atoms with van der Waals surface area (Å²) >= 11 is 1.05. The number of imide groups is 1. The molecule has 1 atom stereocenters. The van der Waals surface area contributed by atoms with Crippen LogP contribution in [-0.4, -0.2) is 34.2 Å². The van der Waals surface area contributed by atoms with E-state index in [0.717, 1.165) is 40.6 Å². The molecule has 0 spiro atoms. The van der Waals surface area contributed by atoms with Crippen LogP contribution in [0.15, 0.2) is 64.2 Å². The van der Waals surface area contributed by atoms with Crippen LogP contribution < -0.4 is 5.32 Å². The van der Waals surface area contributed by atoms with E-state index in [2.05, 4.69) is 15.5 Å². The molecule has 0 saturated carbocycles. The van der Waals surface area contributed by atoms with E-state index in [-0.39, 0.29) is 16.4 Å². The number of oxime groups is 1. The van der Waals surface area contributed by atoms with Crippen molar-refractivity contribution >= 4 is 28.6 Å². The predicted molar refractivity (Wildman–Crippen MR) is 124 cm³/mol. The molecular weight excluding hydrogens is 426 g/mol. The fourth-order valence-electron chi connectivity index (χ4n) is 3.53. The van der Waals surface area contributed by atoms with Crippen molar-refractivity contribution in [1.29, 1.82) is 0 Å². The smallest absolute Gasteiger partial charge is 0.286 e. The van der Waals surface area contributed by atoms with Crippen molar-refractivity contribution in [2.24, 2.45) is 5.16 Å². The molecular formula is C24H23N3O4S. The number of amides is 2. The second-order valence-electron chi connectivity index (χ2n) is 7.41. The summed E-state index contributed by atoms with van der Waals surface area (Å²) in [6.45, 7) is 1.87. The first kappa shape index (κ1) is 21.8. The lowest BCUT2D eigenvalue weighted by Gasteiger charge is -2.07. The van der Waals surface area contributed by atoms with Gasteiger partial charge >= 0.3 is 0 Å². The molecule has 164 valence electrons. The van der Waals surface area contributed by atoms with Crippen molar-refractivity contribution < 1.29 is 18.8 Å². The summed E-state index contributed by atoms with van der Waals surface area (Å²) in [4.78, 5) is 32.8. The Morgan fingerprint density at radius 2 is 1.84 bits per heavy atom. The first-order chi connectivity index (χ1) is 15.5. The number of hydrogen-bond acceptors (Lipinski definition) is 7. The van der Waals surface area contributed by atoms with E-state index in [4.69, 9.17) is 9.25 Å². The zero-order chi connectivity index (χ0) is 22.5. The van der Waals surface area contributed by atoms with Crippen LogP contribution in [0.4, 0.5) is 4.79 Å². The molecule has 4 rings (SSSR count). The van der Waals surface area contributed by atoms with Gasteiger partial charge in [-0.05, 0) is 49.4 Å². The van der Waals surface area contributed by atoms with E-state index < -0.39 is 0 Å². The van der Waals surface area contributed by atoms with Crippen molar-refractivity contribution in [3.05, 3.63) is 77.2 Å². The molecule has 1 aliphatic rings. The molecule has 0 bridgehead atoms. The van der Waals surface area contributed by atoms with Gasteiger partial charge in [-0.1, -0.05) is 59.4 Å². The highest BCUT2D eigenvalue weighted by atomic mass is 32.2. The van der Waals surface area contributed by atoms with E-state index in [9.17, 15) is 9.59 Å². The zero-order valence-electron chi connectivity index (χ0n) is 17.8. The quantitative estimate of drug-likeness (QED) is 0.401. The van der Waals surface area contributed by atoms with E-state index in [1.807, 2.05) is 61.5 Å². The van der Waals surface area contributed by atoms with Crippen LogP contribution >= 0.6 is 11.8 Å². The minimum atomic E-state index is -0.359. The fourth-order valence-corrected chi connectivity index (χ4v) is 4.39. The maximum Gasteiger partial charge on any atom is 0.286 e. The molecule has 1 fully saturated rings. The highest BCUT2D eigenvalue weighted by Gasteiger charge is 2.31. The zero-order valence-corrected chi connectivity index (χ0v) is 18.6. The summed E-state index contributed by atoms with van der Waals surface area (Å²) in [5.74, 6) is 1.03. The first-order valence-corrected chi connectivity index (χ1v) is 11.1. The number of aromatic nitrogens is 1. The lowest BCUT2D eigenvalue weighted by Crippen LogP contribution is -2.25. The van der Waals surface area contributed by atoms with Gasteiger partial charge in [0, 0.05) is 5.56 Å². The Kier molecular flexibility index (Phi) is 6.70. The molecule has 1 unspecified atom stereocenters. The Balaban J connectivity index is 1.42. The lowest BCUT2D eigenvalue weighted by molar-refractivity contribution is -0.118. The number of oxazole rings is 1. The third kappa shape index (κ3) is 5.08. The number of nitrogens with zero attached hydrogens (tertiary/aromatic N) is 2. The number of thioether (sulfide) groups is 1. The van der Waals surface area contributed by atoms with Gasteiger partial charge in [0.15, 0.2) is 0 Å². The van der Waals surface area contributed by atoms with E-state index in [0.29, 0.717) is 30.2 Å². The topological polar surface area (TPSA) is 93.8 Å². The third-order valence-corrected chi connectivity index (χ3v) is 6.14. The number of carbonyl (C=O) groups is 2. The SMILES string of the molecule is CON=C(CCc1ccc(CC2SC(=O)NC2=O)cc1)c1nc(-c2ccccc2)oc1C. The summed E-state index contributed by atoms with van der Waals surface area (Å²) in [7, 11) is 1.52. The van der Waals surface area contributed by atoms with Crippen LogP contribution in [-0.2, 0) is 22.5 Å². The van der Waals surface area contributed by atoms with Crippen LogP contribution in [0.2, 0.25) is 0 Å². The van der Waals surface area contributed by atoms with Gasteiger partial charge in [0.1, 0.15) is 24.3 Å². The van der Waals surface area contributed by atoms with Crippen molar-refractivity contribution in [1.82, 2.24) is 10.3 Å². The first-order valence-electron chi connectivity index (χ1n) is 10.3. The maximum atomic E-state index is 11.8. The number of benzene rings is 2. The number of rotatable bonds is 8. The van der Waals surface area contributed by atoms with Crippen LogP contribution in [0, 0.1) is 6.92 Å². The molecule has 32 heavy (non-hydrogen) atoms. The fraction of sp³-hybridized carbons (Fsp3) is 0.250. The van der Waals surface area contributed by atoms with Gasteiger partial charge in [-0.2, -0.15) is 0 Å². The highest BCUT2D eigenvalue weighted by Crippen LogP contribution is 2.24. The van der Waals surface area contributed by atoms with Gasteiger partial charge in [0.2, 0.25) is 11.8 Å². The van der Waals surface area contributed by atoms with Crippen molar-refractivity contribution in [2.75, 3.05) is 7.11 Å². The van der Waals surface area contributed by atoms with Gasteiger partial charge in [-0.25, -0.2) is 4.98 Å². The van der Waals surface area contributed by atoms with Crippen molar-refractivity contribution in [3.63, 3.8) is 0 Å². The van der Waals surface area contributed by atoms with Crippen molar-refractivity contribution in [2.45, 2.75) is 31.4 Å². The Morgan fingerprint density at radius 1 is 1.12 bits per heavy atom. The molecule has 2 heterocycles. The molecule has 3 aromatic rings. The molecule has 0 aliphatic carbocycles. The summed E-state index contributed by atoms with van der Waals surface area (Å²) in [6, 6.07) is 17.8. The molecule has 1 N–H and O–H groups in total. The highest BCUT2D eigenvalue weighted by molar-refractivity contribution is 8.15. The minimum absolute atomic E-state index is 0.220. The monoisotopic (exact) mass is 449 g/mol. The van der Waals surface area contributed by atoms with Crippen LogP contribution in [0.25, 0.3) is 11.5 Å². The Morgan fingerprint density at radius 3 is 2.50 bits per heavy atom. The van der Waals surface area contributed by atoms with Gasteiger partial charge < -0.3 is 9.25 Å². The number of hydrogen-bond donors (Lipinski definition) is 1. The normalized spacial score (nSPS) is 16.3. The molecule has 7 nitrogen and oxygen atoms in total. The van der Waals surface area contributed by atoms with Crippen molar-refractivity contribution in [3.8, 4) is 11.5 Å². The minimum Gasteiger partial charge on any atom is -0.441 e. The third-order valence-electron chi connectivity index (χ3n) is 5.15. The van der Waals surface area contributed by atoms with Gasteiger partial charge in [0.25, 0.3) is 5.24 Å². The summed E-state index contributed by atoms with van der Waals surface area (Å²) in [5.41, 5.74) is 4.46. The number of nitrogens with one attached hydrogen (secondary N) is 1. The number of carbonyl (C=O) groups excluding carboxylic acids is 2. The van der Waals surface area contributed by atoms with Gasteiger partial charge in [0.05, 0.1) is 5.25 Å². The molecule has 1 saturated heterocycles. The Hall–Kier alpha value is -3.39. The average molecular weight is 450 g/mol. The summed E-state index contributed by atoms with van der Waals surface area (Å²) in [6.07, 6.45) is 1.90. The second kappa shape index (κ2) is 9.82.